The zero-order chi connectivity index (χ0) is 15.4. The predicted octanol–water partition coefficient (Wildman–Crippen LogP) is 3.30. The van der Waals surface area contributed by atoms with E-state index >= 15 is 0 Å². The summed E-state index contributed by atoms with van der Waals surface area (Å²) in [4.78, 5) is 12.1. The second kappa shape index (κ2) is 7.47. The van der Waals surface area contributed by atoms with Gasteiger partial charge < -0.3 is 5.32 Å². The second-order valence-corrected chi connectivity index (χ2v) is 8.23. The van der Waals surface area contributed by atoms with Gasteiger partial charge in [0.05, 0.1) is 18.0 Å². The van der Waals surface area contributed by atoms with Crippen LogP contribution in [-0.2, 0) is 4.79 Å². The standard InChI is InChI=1S/C13H17N5OS3/c1-20-12-16-17-13(22-12)21-8-11(19)15-10-6-7-14-18(10)9-4-2-3-5-9/h6-7,9H,2-5,8H2,1H3,(H,15,19). The molecular formula is C13H17N5OS3. The first kappa shape index (κ1) is 15.8. The third-order valence-corrected chi connectivity index (χ3v) is 6.53. The predicted molar refractivity (Wildman–Crippen MR) is 90.8 cm³/mol. The fourth-order valence-corrected chi connectivity index (χ4v) is 4.74. The summed E-state index contributed by atoms with van der Waals surface area (Å²) in [5.41, 5.74) is 0. The summed E-state index contributed by atoms with van der Waals surface area (Å²) in [6.07, 6.45) is 8.47. The average molecular weight is 356 g/mol. The minimum atomic E-state index is -0.0364. The van der Waals surface area contributed by atoms with Crippen LogP contribution in [0.2, 0.25) is 0 Å². The molecule has 1 amide bonds. The Morgan fingerprint density at radius 3 is 2.91 bits per heavy atom. The number of carbonyl (C=O) groups excluding carboxylic acids is 1. The van der Waals surface area contributed by atoms with Crippen molar-refractivity contribution >= 4 is 46.6 Å². The molecule has 2 aromatic rings. The number of thioether (sulfide) groups is 2. The molecule has 1 N–H and O–H groups in total. The molecular weight excluding hydrogens is 338 g/mol. The molecule has 2 aromatic heterocycles. The maximum atomic E-state index is 12.1. The first-order chi connectivity index (χ1) is 10.8. The lowest BCUT2D eigenvalue weighted by molar-refractivity contribution is -0.113. The normalized spacial score (nSPS) is 15.3. The van der Waals surface area contributed by atoms with Gasteiger partial charge in [-0.25, -0.2) is 4.68 Å². The highest BCUT2D eigenvalue weighted by molar-refractivity contribution is 8.03. The summed E-state index contributed by atoms with van der Waals surface area (Å²) in [5, 5.41) is 15.4. The van der Waals surface area contributed by atoms with Gasteiger partial charge in [-0.2, -0.15) is 5.10 Å². The summed E-state index contributed by atoms with van der Waals surface area (Å²) >= 11 is 4.49. The molecule has 2 heterocycles. The van der Waals surface area contributed by atoms with Crippen LogP contribution in [0.15, 0.2) is 20.9 Å². The Balaban J connectivity index is 1.54. The highest BCUT2D eigenvalue weighted by Gasteiger charge is 2.20. The molecule has 0 radical (unpaired) electrons. The summed E-state index contributed by atoms with van der Waals surface area (Å²) in [5.74, 6) is 1.09. The lowest BCUT2D eigenvalue weighted by Gasteiger charge is -2.14. The molecule has 0 aromatic carbocycles. The minimum absolute atomic E-state index is 0.0364. The zero-order valence-electron chi connectivity index (χ0n) is 12.2. The maximum absolute atomic E-state index is 12.1. The number of hydrogen-bond donors (Lipinski definition) is 1. The number of aromatic nitrogens is 4. The largest absolute Gasteiger partial charge is 0.310 e. The van der Waals surface area contributed by atoms with E-state index in [1.54, 1.807) is 18.0 Å². The molecule has 0 aliphatic heterocycles. The fraction of sp³-hybridized carbons (Fsp3) is 0.538. The molecule has 22 heavy (non-hydrogen) atoms. The van der Waals surface area contributed by atoms with Crippen molar-refractivity contribution in [3.05, 3.63) is 12.3 Å². The van der Waals surface area contributed by atoms with Crippen molar-refractivity contribution < 1.29 is 4.79 Å². The van der Waals surface area contributed by atoms with Gasteiger partial charge >= 0.3 is 0 Å². The van der Waals surface area contributed by atoms with E-state index in [0.717, 1.165) is 27.3 Å². The molecule has 3 rings (SSSR count). The summed E-state index contributed by atoms with van der Waals surface area (Å²) in [6.45, 7) is 0. The number of nitrogens with zero attached hydrogens (tertiary/aromatic N) is 4. The molecule has 9 heteroatoms. The van der Waals surface area contributed by atoms with Crippen LogP contribution >= 0.6 is 34.9 Å². The minimum Gasteiger partial charge on any atom is -0.310 e. The lowest BCUT2D eigenvalue weighted by atomic mass is 10.2. The molecule has 6 nitrogen and oxygen atoms in total. The maximum Gasteiger partial charge on any atom is 0.235 e. The van der Waals surface area contributed by atoms with E-state index in [1.807, 2.05) is 17.0 Å². The van der Waals surface area contributed by atoms with Crippen LogP contribution in [0.4, 0.5) is 5.82 Å². The topological polar surface area (TPSA) is 72.7 Å². The Kier molecular flexibility index (Phi) is 5.37. The Labute approximate surface area is 141 Å². The van der Waals surface area contributed by atoms with Crippen molar-refractivity contribution in [2.45, 2.75) is 40.4 Å². The zero-order valence-corrected chi connectivity index (χ0v) is 14.6. The van der Waals surface area contributed by atoms with Gasteiger partial charge in [-0.15, -0.1) is 10.2 Å². The SMILES string of the molecule is CSc1nnc(SCC(=O)Nc2ccnn2C2CCCC2)s1. The Bertz CT molecular complexity index is 635. The van der Waals surface area contributed by atoms with Crippen molar-refractivity contribution in [3.8, 4) is 0 Å². The molecule has 0 spiro atoms. The first-order valence-corrected chi connectivity index (χ1v) is 10.1. The van der Waals surface area contributed by atoms with Gasteiger partial charge in [-0.05, 0) is 19.1 Å². The van der Waals surface area contributed by atoms with Crippen molar-refractivity contribution in [1.29, 1.82) is 0 Å². The molecule has 0 unspecified atom stereocenters. The van der Waals surface area contributed by atoms with E-state index in [4.69, 9.17) is 0 Å². The van der Waals surface area contributed by atoms with Gasteiger partial charge in [0, 0.05) is 6.07 Å². The van der Waals surface area contributed by atoms with Crippen molar-refractivity contribution in [3.63, 3.8) is 0 Å². The highest BCUT2D eigenvalue weighted by atomic mass is 32.2. The van der Waals surface area contributed by atoms with Crippen LogP contribution in [0.25, 0.3) is 0 Å². The quantitative estimate of drug-likeness (QED) is 0.802. The van der Waals surface area contributed by atoms with E-state index in [-0.39, 0.29) is 5.91 Å². The van der Waals surface area contributed by atoms with E-state index in [9.17, 15) is 4.79 Å². The van der Waals surface area contributed by atoms with Crippen LogP contribution in [-0.4, -0.2) is 37.9 Å². The smallest absolute Gasteiger partial charge is 0.235 e. The van der Waals surface area contributed by atoms with Crippen LogP contribution < -0.4 is 5.32 Å². The lowest BCUT2D eigenvalue weighted by Crippen LogP contribution is -2.19. The van der Waals surface area contributed by atoms with Gasteiger partial charge in [0.1, 0.15) is 5.82 Å². The Hall–Kier alpha value is -1.06. The third kappa shape index (κ3) is 3.82. The van der Waals surface area contributed by atoms with Crippen molar-refractivity contribution in [2.24, 2.45) is 0 Å². The van der Waals surface area contributed by atoms with Crippen LogP contribution in [0.3, 0.4) is 0 Å². The molecule has 1 aliphatic carbocycles. The van der Waals surface area contributed by atoms with Gasteiger partial charge in [-0.3, -0.25) is 4.79 Å². The van der Waals surface area contributed by atoms with E-state index < -0.39 is 0 Å². The van der Waals surface area contributed by atoms with E-state index in [1.165, 1.54) is 35.9 Å². The average Bonchev–Trinajstić information content (AvgIpc) is 3.25. The number of nitrogens with one attached hydrogen (secondary N) is 1. The molecule has 1 aliphatic rings. The Morgan fingerprint density at radius 1 is 1.41 bits per heavy atom. The molecule has 0 atom stereocenters. The monoisotopic (exact) mass is 355 g/mol. The molecule has 1 saturated carbocycles. The number of amides is 1. The van der Waals surface area contributed by atoms with Crippen LogP contribution in [0.1, 0.15) is 31.7 Å². The summed E-state index contributed by atoms with van der Waals surface area (Å²) in [6, 6.07) is 2.28. The van der Waals surface area contributed by atoms with Gasteiger partial charge in [0.25, 0.3) is 0 Å². The molecule has 0 saturated heterocycles. The van der Waals surface area contributed by atoms with Gasteiger partial charge in [0.2, 0.25) is 5.91 Å². The molecule has 0 bridgehead atoms. The van der Waals surface area contributed by atoms with Gasteiger partial charge in [-0.1, -0.05) is 47.7 Å². The number of hydrogen-bond acceptors (Lipinski definition) is 7. The third-order valence-electron chi connectivity index (χ3n) is 3.50. The van der Waals surface area contributed by atoms with Crippen molar-refractivity contribution in [1.82, 2.24) is 20.0 Å². The number of anilines is 1. The second-order valence-electron chi connectivity index (χ2n) is 4.97. The number of carbonyl (C=O) groups is 1. The number of rotatable bonds is 6. The summed E-state index contributed by atoms with van der Waals surface area (Å²) in [7, 11) is 0. The fourth-order valence-electron chi connectivity index (χ4n) is 2.50. The summed E-state index contributed by atoms with van der Waals surface area (Å²) < 4.78 is 3.69. The van der Waals surface area contributed by atoms with Gasteiger partial charge in [0.15, 0.2) is 8.68 Å². The molecule has 118 valence electrons. The van der Waals surface area contributed by atoms with E-state index in [0.29, 0.717) is 11.8 Å². The van der Waals surface area contributed by atoms with Crippen molar-refractivity contribution in [2.75, 3.05) is 17.3 Å². The molecule has 1 fully saturated rings. The van der Waals surface area contributed by atoms with Crippen LogP contribution in [0, 0.1) is 0 Å². The Morgan fingerprint density at radius 2 is 2.18 bits per heavy atom. The first-order valence-electron chi connectivity index (χ1n) is 7.10. The van der Waals surface area contributed by atoms with E-state index in [2.05, 4.69) is 20.6 Å². The van der Waals surface area contributed by atoms with Crippen LogP contribution in [0.5, 0.6) is 0 Å². The highest BCUT2D eigenvalue weighted by Crippen LogP contribution is 2.31.